The van der Waals surface area contributed by atoms with Crippen molar-refractivity contribution in [2.24, 2.45) is 5.92 Å². The summed E-state index contributed by atoms with van der Waals surface area (Å²) in [5.74, 6) is -0.772. The first-order valence-electron chi connectivity index (χ1n) is 8.21. The summed E-state index contributed by atoms with van der Waals surface area (Å²) in [5, 5.41) is 8.81. The van der Waals surface area contributed by atoms with Crippen molar-refractivity contribution in [3.05, 3.63) is 29.8 Å². The van der Waals surface area contributed by atoms with Crippen LogP contribution in [0.1, 0.15) is 30.9 Å². The van der Waals surface area contributed by atoms with Crippen LogP contribution in [-0.4, -0.2) is 60.4 Å². The highest BCUT2D eigenvalue weighted by atomic mass is 16.5. The lowest BCUT2D eigenvalue weighted by Gasteiger charge is -2.40. The number of rotatable bonds is 6. The number of carbonyl (C=O) groups excluding carboxylic acids is 2. The molecule has 0 saturated carbocycles. The summed E-state index contributed by atoms with van der Waals surface area (Å²) in [6, 6.07) is 6.95. The van der Waals surface area contributed by atoms with Crippen molar-refractivity contribution in [3.63, 3.8) is 0 Å². The molecule has 1 aromatic rings. The second kappa shape index (κ2) is 8.00. The van der Waals surface area contributed by atoms with Crippen LogP contribution in [0.15, 0.2) is 24.3 Å². The third kappa shape index (κ3) is 4.29. The van der Waals surface area contributed by atoms with Gasteiger partial charge in [-0.2, -0.15) is 0 Å². The van der Waals surface area contributed by atoms with Crippen molar-refractivity contribution in [2.75, 3.05) is 27.7 Å². The Morgan fingerprint density at radius 1 is 1.32 bits per heavy atom. The van der Waals surface area contributed by atoms with Gasteiger partial charge in [-0.1, -0.05) is 12.1 Å². The highest BCUT2D eigenvalue weighted by Gasteiger charge is 2.39. The highest BCUT2D eigenvalue weighted by Crippen LogP contribution is 2.37. The van der Waals surface area contributed by atoms with Gasteiger partial charge in [-0.15, -0.1) is 0 Å². The Hall–Kier alpha value is -2.57. The Balaban J connectivity index is 2.25. The highest BCUT2D eigenvalue weighted by molar-refractivity contribution is 5.85. The van der Waals surface area contributed by atoms with E-state index < -0.39 is 11.9 Å². The van der Waals surface area contributed by atoms with E-state index in [9.17, 15) is 14.4 Å². The molecule has 2 rings (SSSR count). The Bertz CT molecular complexity index is 643. The van der Waals surface area contributed by atoms with E-state index in [1.165, 1.54) is 4.90 Å². The number of carboxylic acids is 1. The van der Waals surface area contributed by atoms with Gasteiger partial charge < -0.3 is 19.6 Å². The van der Waals surface area contributed by atoms with Gasteiger partial charge in [-0.25, -0.2) is 0 Å². The number of benzene rings is 1. The smallest absolute Gasteiger partial charge is 0.305 e. The number of carbonyl (C=O) groups is 3. The largest absolute Gasteiger partial charge is 0.497 e. The number of hydrogen-bond donors (Lipinski definition) is 1. The number of amides is 2. The molecular formula is C18H24N2O5. The second-order valence-corrected chi connectivity index (χ2v) is 6.27. The van der Waals surface area contributed by atoms with Crippen LogP contribution in [0.4, 0.5) is 0 Å². The van der Waals surface area contributed by atoms with Gasteiger partial charge in [0.15, 0.2) is 0 Å². The SMILES string of the molecule is COc1ccc(C2C(C(=O)N(C)CCC(=O)O)CCC(=O)N2C)cc1. The average molecular weight is 348 g/mol. The maximum Gasteiger partial charge on any atom is 0.305 e. The molecule has 0 radical (unpaired) electrons. The molecule has 7 heteroatoms. The minimum Gasteiger partial charge on any atom is -0.497 e. The van der Waals surface area contributed by atoms with E-state index in [4.69, 9.17) is 9.84 Å². The molecule has 1 N–H and O–H groups in total. The summed E-state index contributed by atoms with van der Waals surface area (Å²) in [6.45, 7) is 0.150. The van der Waals surface area contributed by atoms with Crippen LogP contribution in [0.2, 0.25) is 0 Å². The van der Waals surface area contributed by atoms with Crippen molar-refractivity contribution in [2.45, 2.75) is 25.3 Å². The van der Waals surface area contributed by atoms with E-state index in [-0.39, 0.29) is 30.8 Å². The lowest BCUT2D eigenvalue weighted by Crippen LogP contribution is -2.47. The lowest BCUT2D eigenvalue weighted by molar-refractivity contribution is -0.146. The first-order chi connectivity index (χ1) is 11.8. The fourth-order valence-electron chi connectivity index (χ4n) is 3.21. The molecule has 136 valence electrons. The van der Waals surface area contributed by atoms with Crippen molar-refractivity contribution >= 4 is 17.8 Å². The Morgan fingerprint density at radius 3 is 2.52 bits per heavy atom. The molecule has 25 heavy (non-hydrogen) atoms. The van der Waals surface area contributed by atoms with Crippen LogP contribution >= 0.6 is 0 Å². The summed E-state index contributed by atoms with van der Waals surface area (Å²) in [6.07, 6.45) is 0.666. The molecule has 1 heterocycles. The Labute approximate surface area is 147 Å². The molecule has 2 amide bonds. The van der Waals surface area contributed by atoms with Crippen molar-refractivity contribution in [1.82, 2.24) is 9.80 Å². The number of piperidine rings is 1. The van der Waals surface area contributed by atoms with Crippen LogP contribution in [0.25, 0.3) is 0 Å². The molecule has 1 fully saturated rings. The standard InChI is InChI=1S/C18H24N2O5/c1-19(11-10-16(22)23)18(24)14-8-9-15(21)20(2)17(14)12-4-6-13(25-3)7-5-12/h4-7,14,17H,8-11H2,1-3H3,(H,22,23). The minimum absolute atomic E-state index is 0.00180. The number of aliphatic carboxylic acids is 1. The zero-order chi connectivity index (χ0) is 18.6. The van der Waals surface area contributed by atoms with E-state index in [2.05, 4.69) is 0 Å². The van der Waals surface area contributed by atoms with Gasteiger partial charge in [0.05, 0.1) is 25.5 Å². The van der Waals surface area contributed by atoms with Crippen LogP contribution in [-0.2, 0) is 14.4 Å². The molecular weight excluding hydrogens is 324 g/mol. The molecule has 0 spiro atoms. The van der Waals surface area contributed by atoms with Crippen LogP contribution in [0.3, 0.4) is 0 Å². The average Bonchev–Trinajstić information content (AvgIpc) is 2.61. The van der Waals surface area contributed by atoms with E-state index >= 15 is 0 Å². The van der Waals surface area contributed by atoms with Gasteiger partial charge in [0, 0.05) is 27.1 Å². The number of likely N-dealkylation sites (tertiary alicyclic amines) is 1. The topological polar surface area (TPSA) is 87.1 Å². The summed E-state index contributed by atoms with van der Waals surface area (Å²) in [7, 11) is 4.88. The predicted molar refractivity (Wildman–Crippen MR) is 91.1 cm³/mol. The minimum atomic E-state index is -0.942. The summed E-state index contributed by atoms with van der Waals surface area (Å²) >= 11 is 0. The zero-order valence-electron chi connectivity index (χ0n) is 14.8. The molecule has 1 aliphatic rings. The number of methoxy groups -OCH3 is 1. The van der Waals surface area contributed by atoms with Crippen LogP contribution in [0, 0.1) is 5.92 Å². The van der Waals surface area contributed by atoms with Gasteiger partial charge in [0.1, 0.15) is 5.75 Å². The molecule has 0 aliphatic carbocycles. The van der Waals surface area contributed by atoms with Gasteiger partial charge in [-0.3, -0.25) is 14.4 Å². The third-order valence-electron chi connectivity index (χ3n) is 4.67. The number of nitrogens with zero attached hydrogens (tertiary/aromatic N) is 2. The van der Waals surface area contributed by atoms with Crippen LogP contribution < -0.4 is 4.74 Å². The van der Waals surface area contributed by atoms with Crippen LogP contribution in [0.5, 0.6) is 5.75 Å². The molecule has 2 unspecified atom stereocenters. The molecule has 1 saturated heterocycles. The molecule has 1 aliphatic heterocycles. The van der Waals surface area contributed by atoms with Crippen molar-refractivity contribution in [1.29, 1.82) is 0 Å². The molecule has 2 atom stereocenters. The number of carboxylic acid groups (broad SMARTS) is 1. The quantitative estimate of drug-likeness (QED) is 0.842. The Morgan fingerprint density at radius 2 is 1.96 bits per heavy atom. The molecule has 0 bridgehead atoms. The first-order valence-corrected chi connectivity index (χ1v) is 8.21. The van der Waals surface area contributed by atoms with Gasteiger partial charge in [-0.05, 0) is 24.1 Å². The van der Waals surface area contributed by atoms with Gasteiger partial charge in [0.2, 0.25) is 11.8 Å². The molecule has 0 aromatic heterocycles. The lowest BCUT2D eigenvalue weighted by atomic mass is 9.83. The van der Waals surface area contributed by atoms with Crippen molar-refractivity contribution < 1.29 is 24.2 Å². The fraction of sp³-hybridized carbons (Fsp3) is 0.500. The fourth-order valence-corrected chi connectivity index (χ4v) is 3.21. The van der Waals surface area contributed by atoms with E-state index in [0.717, 1.165) is 5.56 Å². The summed E-state index contributed by atoms with van der Waals surface area (Å²) < 4.78 is 5.16. The Kier molecular flexibility index (Phi) is 6.01. The van der Waals surface area contributed by atoms with E-state index in [1.807, 2.05) is 12.1 Å². The molecule has 1 aromatic carbocycles. The summed E-state index contributed by atoms with van der Waals surface area (Å²) in [5.41, 5.74) is 0.862. The summed E-state index contributed by atoms with van der Waals surface area (Å²) in [4.78, 5) is 38.8. The predicted octanol–water partition coefficient (Wildman–Crippen LogP) is 1.54. The number of ether oxygens (including phenoxy) is 1. The molecule has 7 nitrogen and oxygen atoms in total. The maximum absolute atomic E-state index is 12.8. The van der Waals surface area contributed by atoms with E-state index in [0.29, 0.717) is 18.6 Å². The monoisotopic (exact) mass is 348 g/mol. The van der Waals surface area contributed by atoms with Gasteiger partial charge in [0.25, 0.3) is 0 Å². The number of hydrogen-bond acceptors (Lipinski definition) is 4. The van der Waals surface area contributed by atoms with E-state index in [1.54, 1.807) is 38.2 Å². The van der Waals surface area contributed by atoms with Gasteiger partial charge >= 0.3 is 5.97 Å². The zero-order valence-corrected chi connectivity index (χ0v) is 14.8. The first kappa shape index (κ1) is 18.8. The maximum atomic E-state index is 12.8. The second-order valence-electron chi connectivity index (χ2n) is 6.27. The normalized spacial score (nSPS) is 20.3. The van der Waals surface area contributed by atoms with Crippen molar-refractivity contribution in [3.8, 4) is 5.75 Å². The third-order valence-corrected chi connectivity index (χ3v) is 4.67.